The highest BCUT2D eigenvalue weighted by atomic mass is 16.6. The number of carbonyl (C=O) groups excluding carboxylic acids is 4. The van der Waals surface area contributed by atoms with Gasteiger partial charge >= 0.3 is 5.63 Å². The Hall–Kier alpha value is -6.21. The van der Waals surface area contributed by atoms with E-state index in [0.29, 0.717) is 71.5 Å². The predicted octanol–water partition coefficient (Wildman–Crippen LogP) is 9.36. The molecule has 1 saturated heterocycles. The summed E-state index contributed by atoms with van der Waals surface area (Å²) in [7, 11) is 3.80. The summed E-state index contributed by atoms with van der Waals surface area (Å²) in [6.07, 6.45) is 17.0. The Labute approximate surface area is 411 Å². The minimum Gasteiger partial charge on any atom is -0.506 e. The lowest BCUT2D eigenvalue weighted by Crippen LogP contribution is -2.72. The van der Waals surface area contributed by atoms with Crippen LogP contribution in [0.25, 0.3) is 17.0 Å². The fraction of sp³-hybridized carbons (Fsp3) is 0.491. The van der Waals surface area contributed by atoms with Gasteiger partial charge in [-0.3, -0.25) is 19.2 Å². The number of fused-ring (bicyclic) bond motifs is 3. The molecule has 2 amide bonds. The highest BCUT2D eigenvalue weighted by Crippen LogP contribution is 2.68. The summed E-state index contributed by atoms with van der Waals surface area (Å²) in [4.78, 5) is 70.5. The van der Waals surface area contributed by atoms with Crippen molar-refractivity contribution in [3.05, 3.63) is 110 Å². The van der Waals surface area contributed by atoms with E-state index in [9.17, 15) is 24.3 Å². The summed E-state index contributed by atoms with van der Waals surface area (Å²) >= 11 is 0. The van der Waals surface area contributed by atoms with Gasteiger partial charge in [0.2, 0.25) is 11.8 Å². The topological polar surface area (TPSA) is 174 Å². The van der Waals surface area contributed by atoms with Crippen LogP contribution >= 0.6 is 0 Å². The van der Waals surface area contributed by atoms with E-state index in [0.717, 1.165) is 48.8 Å². The van der Waals surface area contributed by atoms with E-state index in [4.69, 9.17) is 18.6 Å². The van der Waals surface area contributed by atoms with Crippen molar-refractivity contribution in [1.29, 1.82) is 0 Å². The zero-order valence-corrected chi connectivity index (χ0v) is 42.5. The van der Waals surface area contributed by atoms with Crippen LogP contribution in [0, 0.1) is 11.8 Å². The van der Waals surface area contributed by atoms with Gasteiger partial charge in [0.1, 0.15) is 34.0 Å². The molecule has 3 aliphatic heterocycles. The van der Waals surface area contributed by atoms with Crippen LogP contribution in [0.2, 0.25) is 0 Å². The molecule has 1 aromatic heterocycles. The molecule has 13 nitrogen and oxygen atoms in total. The Morgan fingerprint density at radius 2 is 1.60 bits per heavy atom. The van der Waals surface area contributed by atoms with Crippen LogP contribution in [0.5, 0.6) is 17.2 Å². The smallest absolute Gasteiger partial charge is 0.336 e. The first-order chi connectivity index (χ1) is 33.1. The number of phenols is 1. The van der Waals surface area contributed by atoms with E-state index >= 15 is 4.79 Å². The number of phenolic OH excluding ortho intramolecular Hbond substituents is 1. The minimum atomic E-state index is -1.63. The molecule has 9 rings (SSSR count). The van der Waals surface area contributed by atoms with Crippen molar-refractivity contribution in [2.24, 2.45) is 11.8 Å². The van der Waals surface area contributed by atoms with E-state index in [1.165, 1.54) is 11.6 Å². The maximum absolute atomic E-state index is 15.1. The van der Waals surface area contributed by atoms with Gasteiger partial charge in [-0.15, -0.1) is 0 Å². The summed E-state index contributed by atoms with van der Waals surface area (Å²) in [5.74, 6) is -1.59. The van der Waals surface area contributed by atoms with Crippen LogP contribution in [0.1, 0.15) is 134 Å². The first-order valence-electron chi connectivity index (χ1n) is 24.8. The second-order valence-electron chi connectivity index (χ2n) is 21.3. The van der Waals surface area contributed by atoms with Gasteiger partial charge in [-0.25, -0.2) is 4.79 Å². The van der Waals surface area contributed by atoms with Gasteiger partial charge in [0, 0.05) is 85.4 Å². The minimum absolute atomic E-state index is 0.000353. The van der Waals surface area contributed by atoms with Crippen molar-refractivity contribution < 1.29 is 42.9 Å². The number of nitrogens with one attached hydrogen (secondary N) is 2. The zero-order chi connectivity index (χ0) is 50.5. The van der Waals surface area contributed by atoms with Crippen molar-refractivity contribution >= 4 is 46.1 Å². The molecule has 70 heavy (non-hydrogen) atoms. The predicted molar refractivity (Wildman–Crippen MR) is 272 cm³/mol. The quantitative estimate of drug-likeness (QED) is 0.0480. The maximum Gasteiger partial charge on any atom is 0.336 e. The van der Waals surface area contributed by atoms with Crippen LogP contribution in [0.4, 0.5) is 5.69 Å². The van der Waals surface area contributed by atoms with Gasteiger partial charge < -0.3 is 39.3 Å². The standard InChI is InChI=1S/C57H69N3O10/c1-33(2)16-15-23-55(8)24-22-40-48(63)47-49(64)42-28-37-29-44-54(6,7)70-56(52(37)65,57(42,44)69-51(47)41(50(40)68-55)19-17-34(3)4)25-21-35(5)53(66)59-27-14-12-11-13-26-58-45(61)30-36-31-46(62)67-43-32-38(60(9)10)18-20-39(36)43/h16-18,20-22,24,28,31-32,37,44,63H,11-15,19,23,25-27,29-30H2,1-10H3,(H,58,61)(H,59,66)/b35-21-. The van der Waals surface area contributed by atoms with Crippen LogP contribution in [-0.2, 0) is 32.0 Å². The molecule has 5 unspecified atom stereocenters. The number of carbonyl (C=O) groups is 4. The van der Waals surface area contributed by atoms with Crippen molar-refractivity contribution in [3.8, 4) is 17.2 Å². The Kier molecular flexibility index (Phi) is 13.8. The van der Waals surface area contributed by atoms with E-state index in [1.807, 2.05) is 84.0 Å². The van der Waals surface area contributed by atoms with Crippen LogP contribution in [0.3, 0.4) is 0 Å². The molecule has 4 bridgehead atoms. The van der Waals surface area contributed by atoms with Crippen molar-refractivity contribution in [1.82, 2.24) is 10.6 Å². The number of unbranched alkanes of at least 4 members (excludes halogenated alkanes) is 3. The van der Waals surface area contributed by atoms with Crippen LogP contribution in [-0.4, -0.2) is 78.1 Å². The third-order valence-corrected chi connectivity index (χ3v) is 14.9. The number of anilines is 1. The average Bonchev–Trinajstić information content (AvgIpc) is 3.44. The number of aromatic hydroxyl groups is 1. The van der Waals surface area contributed by atoms with Crippen LogP contribution in [0.15, 0.2) is 86.1 Å². The molecule has 2 fully saturated rings. The average molecular weight is 956 g/mol. The maximum atomic E-state index is 15.1. The van der Waals surface area contributed by atoms with Crippen molar-refractivity contribution in [2.45, 2.75) is 142 Å². The van der Waals surface area contributed by atoms with E-state index in [2.05, 4.69) is 30.6 Å². The summed E-state index contributed by atoms with van der Waals surface area (Å²) in [5, 5.41) is 18.7. The largest absolute Gasteiger partial charge is 0.506 e. The SMILES string of the molecule is CC(C)=CCCC1(C)C=Cc2c(O)c3c(c(CC=C(C)C)c2O1)OC12C(=CC4CC1C(C)(C)OC2(C/C=C(/C)C(=O)NCCCCCCNC(=O)Cc1cc(=O)oc2cc(N(C)C)ccc12)C4=O)C3=O. The molecule has 3 aromatic rings. The summed E-state index contributed by atoms with van der Waals surface area (Å²) in [5.41, 5.74) is 0.800. The number of amides is 2. The number of nitrogens with zero attached hydrogens (tertiary/aromatic N) is 1. The number of benzene rings is 2. The molecule has 1 saturated carbocycles. The van der Waals surface area contributed by atoms with E-state index in [1.54, 1.807) is 25.1 Å². The Morgan fingerprint density at radius 1 is 0.886 bits per heavy atom. The van der Waals surface area contributed by atoms with E-state index < -0.39 is 45.6 Å². The van der Waals surface area contributed by atoms with Crippen LogP contribution < -0.4 is 30.6 Å². The number of hydrogen-bond donors (Lipinski definition) is 3. The molecule has 2 aromatic carbocycles. The third-order valence-electron chi connectivity index (χ3n) is 14.9. The number of hydrogen-bond acceptors (Lipinski definition) is 11. The molecular formula is C57H69N3O10. The lowest BCUT2D eigenvalue weighted by atomic mass is 9.51. The number of ketones is 2. The molecule has 4 heterocycles. The van der Waals surface area contributed by atoms with Gasteiger partial charge in [-0.1, -0.05) is 48.3 Å². The first kappa shape index (κ1) is 50.2. The number of rotatable bonds is 18. The summed E-state index contributed by atoms with van der Waals surface area (Å²) in [6.45, 7) is 16.6. The molecule has 3 aliphatic carbocycles. The first-order valence-corrected chi connectivity index (χ1v) is 24.8. The van der Waals surface area contributed by atoms with Crippen molar-refractivity contribution in [2.75, 3.05) is 32.1 Å². The molecule has 5 atom stereocenters. The highest BCUT2D eigenvalue weighted by molar-refractivity contribution is 6.19. The molecule has 6 aliphatic rings. The lowest BCUT2D eigenvalue weighted by molar-refractivity contribution is -0.171. The normalized spacial score (nSPS) is 24.4. The molecule has 0 radical (unpaired) electrons. The van der Waals surface area contributed by atoms with Crippen molar-refractivity contribution in [3.63, 3.8) is 0 Å². The Bertz CT molecular complexity index is 2870. The molecule has 13 heteroatoms. The number of ether oxygens (including phenoxy) is 3. The van der Waals surface area contributed by atoms with Gasteiger partial charge in [-0.2, -0.15) is 0 Å². The monoisotopic (exact) mass is 955 g/mol. The lowest BCUT2D eigenvalue weighted by Gasteiger charge is -2.56. The fourth-order valence-electron chi connectivity index (χ4n) is 11.2. The Morgan fingerprint density at radius 3 is 2.30 bits per heavy atom. The van der Waals surface area contributed by atoms with Gasteiger partial charge in [0.05, 0.1) is 17.6 Å². The Balaban J connectivity index is 0.939. The summed E-state index contributed by atoms with van der Waals surface area (Å²) < 4.78 is 26.5. The number of allylic oxidation sites excluding steroid dienone is 5. The second kappa shape index (κ2) is 19.2. The third kappa shape index (κ3) is 9.06. The highest BCUT2D eigenvalue weighted by Gasteiger charge is 2.81. The second-order valence-corrected chi connectivity index (χ2v) is 21.3. The van der Waals surface area contributed by atoms with Gasteiger partial charge in [0.15, 0.2) is 22.8 Å². The summed E-state index contributed by atoms with van der Waals surface area (Å²) in [6, 6.07) is 6.95. The zero-order valence-electron chi connectivity index (χ0n) is 42.5. The molecule has 3 N–H and O–H groups in total. The molecule has 1 spiro atoms. The molecular weight excluding hydrogens is 887 g/mol. The van der Waals surface area contributed by atoms with E-state index in [-0.39, 0.29) is 47.5 Å². The molecule has 372 valence electrons. The van der Waals surface area contributed by atoms with Gasteiger partial charge in [-0.05, 0) is 124 Å². The number of Topliss-reactive ketones (excluding diaryl/α,β-unsaturated/α-hetero) is 2. The van der Waals surface area contributed by atoms with Gasteiger partial charge in [0.25, 0.3) is 0 Å². The fourth-order valence-corrected chi connectivity index (χ4v) is 11.2.